The molecule has 2 N–H and O–H groups in total. The highest BCUT2D eigenvalue weighted by Crippen LogP contribution is 2.36. The quantitative estimate of drug-likeness (QED) is 0.883. The summed E-state index contributed by atoms with van der Waals surface area (Å²) in [4.78, 5) is 0. The molecule has 14 heavy (non-hydrogen) atoms. The fourth-order valence-electron chi connectivity index (χ4n) is 1.79. The van der Waals surface area contributed by atoms with Crippen LogP contribution in [0, 0.1) is 0 Å². The standard InChI is InChI=1S/C11H14BrNO/c1-2-10(13)9-6-8(12)5-7-3-4-14-11(7)9/h5-6,10H,2-4,13H2,1H3/t10-/m1/s1. The van der Waals surface area contributed by atoms with Gasteiger partial charge in [0.15, 0.2) is 0 Å². The van der Waals surface area contributed by atoms with Gasteiger partial charge in [0.2, 0.25) is 0 Å². The van der Waals surface area contributed by atoms with Crippen molar-refractivity contribution in [3.05, 3.63) is 27.7 Å². The van der Waals surface area contributed by atoms with Gasteiger partial charge >= 0.3 is 0 Å². The molecule has 3 heteroatoms. The summed E-state index contributed by atoms with van der Waals surface area (Å²) in [5.41, 5.74) is 8.45. The van der Waals surface area contributed by atoms with Gasteiger partial charge in [0.25, 0.3) is 0 Å². The summed E-state index contributed by atoms with van der Waals surface area (Å²) in [6.07, 6.45) is 1.93. The second kappa shape index (κ2) is 3.91. The van der Waals surface area contributed by atoms with Crippen molar-refractivity contribution in [2.45, 2.75) is 25.8 Å². The molecule has 1 aliphatic rings. The van der Waals surface area contributed by atoms with Crippen molar-refractivity contribution in [2.24, 2.45) is 5.73 Å². The van der Waals surface area contributed by atoms with Crippen LogP contribution in [0.1, 0.15) is 30.5 Å². The van der Waals surface area contributed by atoms with E-state index in [-0.39, 0.29) is 6.04 Å². The Morgan fingerprint density at radius 1 is 1.57 bits per heavy atom. The van der Waals surface area contributed by atoms with E-state index >= 15 is 0 Å². The molecule has 0 aromatic heterocycles. The number of hydrogen-bond acceptors (Lipinski definition) is 2. The molecule has 2 rings (SSSR count). The molecule has 0 fully saturated rings. The largest absolute Gasteiger partial charge is 0.493 e. The molecule has 0 aliphatic carbocycles. The van der Waals surface area contributed by atoms with Crippen LogP contribution in [0.25, 0.3) is 0 Å². The Kier molecular flexibility index (Phi) is 2.79. The summed E-state index contributed by atoms with van der Waals surface area (Å²) < 4.78 is 6.70. The zero-order valence-corrected chi connectivity index (χ0v) is 9.80. The lowest BCUT2D eigenvalue weighted by atomic mass is 10.0. The molecule has 0 spiro atoms. The molecular weight excluding hydrogens is 242 g/mol. The van der Waals surface area contributed by atoms with E-state index in [2.05, 4.69) is 35.0 Å². The molecule has 2 nitrogen and oxygen atoms in total. The van der Waals surface area contributed by atoms with Gasteiger partial charge in [0.1, 0.15) is 5.75 Å². The lowest BCUT2D eigenvalue weighted by molar-refractivity contribution is 0.351. The molecule has 76 valence electrons. The lowest BCUT2D eigenvalue weighted by Gasteiger charge is -2.14. The summed E-state index contributed by atoms with van der Waals surface area (Å²) in [5, 5.41) is 0. The Balaban J connectivity index is 2.48. The Labute approximate surface area is 92.6 Å². The number of halogens is 1. The first kappa shape index (κ1) is 9.99. The first-order valence-corrected chi connectivity index (χ1v) is 5.72. The zero-order chi connectivity index (χ0) is 10.1. The van der Waals surface area contributed by atoms with Gasteiger partial charge in [0, 0.05) is 22.5 Å². The molecular formula is C11H14BrNO. The second-order valence-corrected chi connectivity index (χ2v) is 4.51. The van der Waals surface area contributed by atoms with Gasteiger partial charge in [-0.25, -0.2) is 0 Å². The van der Waals surface area contributed by atoms with Crippen molar-refractivity contribution >= 4 is 15.9 Å². The van der Waals surface area contributed by atoms with Crippen molar-refractivity contribution in [1.29, 1.82) is 0 Å². The number of benzene rings is 1. The summed E-state index contributed by atoms with van der Waals surface area (Å²) >= 11 is 3.50. The molecule has 1 atom stereocenters. The number of hydrogen-bond donors (Lipinski definition) is 1. The van der Waals surface area contributed by atoms with E-state index in [0.717, 1.165) is 35.2 Å². The Morgan fingerprint density at radius 2 is 2.36 bits per heavy atom. The molecule has 0 bridgehead atoms. The highest BCUT2D eigenvalue weighted by Gasteiger charge is 2.20. The number of fused-ring (bicyclic) bond motifs is 1. The average Bonchev–Trinajstić information content (AvgIpc) is 2.62. The van der Waals surface area contributed by atoms with Crippen LogP contribution in [0.3, 0.4) is 0 Å². The predicted molar refractivity (Wildman–Crippen MR) is 60.6 cm³/mol. The maximum Gasteiger partial charge on any atom is 0.127 e. The minimum absolute atomic E-state index is 0.0827. The first-order chi connectivity index (χ1) is 6.72. The summed E-state index contributed by atoms with van der Waals surface area (Å²) in [7, 11) is 0. The molecule has 0 amide bonds. The lowest BCUT2D eigenvalue weighted by Crippen LogP contribution is -2.10. The maximum absolute atomic E-state index is 6.04. The number of rotatable bonds is 2. The van der Waals surface area contributed by atoms with Gasteiger partial charge in [-0.05, 0) is 24.1 Å². The highest BCUT2D eigenvalue weighted by atomic mass is 79.9. The van der Waals surface area contributed by atoms with Crippen LogP contribution in [0.5, 0.6) is 5.75 Å². The van der Waals surface area contributed by atoms with Gasteiger partial charge in [-0.2, -0.15) is 0 Å². The van der Waals surface area contributed by atoms with E-state index in [9.17, 15) is 0 Å². The van der Waals surface area contributed by atoms with E-state index in [1.54, 1.807) is 0 Å². The predicted octanol–water partition coefficient (Wildman–Crippen LogP) is 2.79. The molecule has 1 heterocycles. The Hall–Kier alpha value is -0.540. The van der Waals surface area contributed by atoms with Gasteiger partial charge < -0.3 is 10.5 Å². The third-order valence-corrected chi connectivity index (χ3v) is 3.07. The van der Waals surface area contributed by atoms with Gasteiger partial charge in [0.05, 0.1) is 6.61 Å². The van der Waals surface area contributed by atoms with Crippen molar-refractivity contribution in [3.8, 4) is 5.75 Å². The summed E-state index contributed by atoms with van der Waals surface area (Å²) in [6.45, 7) is 2.88. The monoisotopic (exact) mass is 255 g/mol. The smallest absolute Gasteiger partial charge is 0.127 e. The fourth-order valence-corrected chi connectivity index (χ4v) is 2.32. The minimum Gasteiger partial charge on any atom is -0.493 e. The van der Waals surface area contributed by atoms with Crippen molar-refractivity contribution in [1.82, 2.24) is 0 Å². The van der Waals surface area contributed by atoms with E-state index in [0.29, 0.717) is 0 Å². The van der Waals surface area contributed by atoms with Crippen molar-refractivity contribution < 1.29 is 4.74 Å². The summed E-state index contributed by atoms with van der Waals surface area (Å²) in [5.74, 6) is 1.02. The molecule has 1 aromatic rings. The van der Waals surface area contributed by atoms with Crippen molar-refractivity contribution in [2.75, 3.05) is 6.61 Å². The molecule has 0 saturated heterocycles. The van der Waals surface area contributed by atoms with Gasteiger partial charge in [-0.3, -0.25) is 0 Å². The number of nitrogens with two attached hydrogens (primary N) is 1. The normalized spacial score (nSPS) is 16.2. The first-order valence-electron chi connectivity index (χ1n) is 4.93. The maximum atomic E-state index is 6.04. The topological polar surface area (TPSA) is 35.2 Å². The third-order valence-electron chi connectivity index (χ3n) is 2.62. The Bertz CT molecular complexity index is 351. The SMILES string of the molecule is CC[C@@H](N)c1cc(Br)cc2c1OCC2. The summed E-state index contributed by atoms with van der Waals surface area (Å²) in [6, 6.07) is 4.27. The second-order valence-electron chi connectivity index (χ2n) is 3.60. The molecule has 0 saturated carbocycles. The van der Waals surface area contributed by atoms with Crippen LogP contribution >= 0.6 is 15.9 Å². The Morgan fingerprint density at radius 3 is 3.07 bits per heavy atom. The number of ether oxygens (including phenoxy) is 1. The zero-order valence-electron chi connectivity index (χ0n) is 8.22. The van der Waals surface area contributed by atoms with Gasteiger partial charge in [-0.15, -0.1) is 0 Å². The molecule has 1 aliphatic heterocycles. The van der Waals surface area contributed by atoms with E-state index < -0.39 is 0 Å². The third kappa shape index (κ3) is 1.66. The van der Waals surface area contributed by atoms with Gasteiger partial charge in [-0.1, -0.05) is 22.9 Å². The van der Waals surface area contributed by atoms with E-state index in [1.165, 1.54) is 5.56 Å². The van der Waals surface area contributed by atoms with Crippen LogP contribution < -0.4 is 10.5 Å². The molecule has 0 unspecified atom stereocenters. The van der Waals surface area contributed by atoms with Crippen LogP contribution in [0.2, 0.25) is 0 Å². The molecule has 1 aromatic carbocycles. The van der Waals surface area contributed by atoms with E-state index in [4.69, 9.17) is 10.5 Å². The van der Waals surface area contributed by atoms with Crippen LogP contribution in [0.15, 0.2) is 16.6 Å². The van der Waals surface area contributed by atoms with Crippen LogP contribution in [-0.2, 0) is 6.42 Å². The highest BCUT2D eigenvalue weighted by molar-refractivity contribution is 9.10. The van der Waals surface area contributed by atoms with Crippen LogP contribution in [-0.4, -0.2) is 6.61 Å². The average molecular weight is 256 g/mol. The minimum atomic E-state index is 0.0827. The van der Waals surface area contributed by atoms with E-state index in [1.807, 2.05) is 0 Å². The van der Waals surface area contributed by atoms with Crippen LogP contribution in [0.4, 0.5) is 0 Å². The fraction of sp³-hybridized carbons (Fsp3) is 0.455. The molecule has 0 radical (unpaired) electrons. The van der Waals surface area contributed by atoms with Crippen molar-refractivity contribution in [3.63, 3.8) is 0 Å².